The first kappa shape index (κ1) is 19.8. The average molecular weight is 404 g/mol. The molecule has 2 aliphatic carbocycles. The number of benzene rings is 2. The van der Waals surface area contributed by atoms with Crippen LogP contribution in [-0.2, 0) is 17.4 Å². The molecule has 0 unspecified atom stereocenters. The fourth-order valence-corrected chi connectivity index (χ4v) is 12.3. The van der Waals surface area contributed by atoms with Gasteiger partial charge in [-0.05, 0) is 0 Å². The van der Waals surface area contributed by atoms with Gasteiger partial charge in [-0.1, -0.05) is 0 Å². The number of rotatable bonds is 2. The van der Waals surface area contributed by atoms with Crippen molar-refractivity contribution in [1.29, 1.82) is 0 Å². The van der Waals surface area contributed by atoms with Crippen LogP contribution in [-0.4, -0.2) is 3.81 Å². The summed E-state index contributed by atoms with van der Waals surface area (Å²) >= 11 is -1.84. The van der Waals surface area contributed by atoms with Gasteiger partial charge in [0.25, 0.3) is 0 Å². The van der Waals surface area contributed by atoms with Crippen molar-refractivity contribution in [3.8, 4) is 11.1 Å². The van der Waals surface area contributed by atoms with Gasteiger partial charge < -0.3 is 0 Å². The van der Waals surface area contributed by atoms with Crippen LogP contribution in [0.3, 0.4) is 0 Å². The first-order chi connectivity index (χ1) is 13.2. The molecule has 0 N–H and O–H groups in total. The van der Waals surface area contributed by atoms with Gasteiger partial charge in [0.15, 0.2) is 0 Å². The van der Waals surface area contributed by atoms with Crippen molar-refractivity contribution in [3.63, 3.8) is 0 Å². The molecule has 0 nitrogen and oxygen atoms in total. The van der Waals surface area contributed by atoms with E-state index >= 15 is 0 Å². The van der Waals surface area contributed by atoms with Crippen LogP contribution in [0.4, 0.5) is 0 Å². The van der Waals surface area contributed by atoms with Crippen molar-refractivity contribution in [1.82, 2.24) is 0 Å². The van der Waals surface area contributed by atoms with E-state index in [9.17, 15) is 0 Å². The second-order valence-corrected chi connectivity index (χ2v) is 14.2. The minimum atomic E-state index is -1.84. The zero-order valence-corrected chi connectivity index (χ0v) is 19.7. The van der Waals surface area contributed by atoms with Crippen LogP contribution in [0.2, 0.25) is 0 Å². The fourth-order valence-electron chi connectivity index (χ4n) is 5.54. The number of hydrogen-bond acceptors (Lipinski definition) is 0. The van der Waals surface area contributed by atoms with E-state index in [1.165, 1.54) is 11.1 Å². The summed E-state index contributed by atoms with van der Waals surface area (Å²) in [5.41, 5.74) is 6.48. The third kappa shape index (κ3) is 3.36. The van der Waals surface area contributed by atoms with Gasteiger partial charge in [-0.15, -0.1) is 0 Å². The Labute approximate surface area is 176 Å². The van der Waals surface area contributed by atoms with Crippen LogP contribution in [0.1, 0.15) is 63.3 Å². The Kier molecular flexibility index (Phi) is 5.01. The molecule has 0 fully saturated rings. The molecular weight excluding hydrogens is 372 g/mol. The van der Waals surface area contributed by atoms with Crippen LogP contribution < -0.4 is 0 Å². The molecule has 0 bridgehead atoms. The molecule has 2 aromatic carbocycles. The third-order valence-corrected chi connectivity index (χ3v) is 12.7. The van der Waals surface area contributed by atoms with Gasteiger partial charge >= 0.3 is 177 Å². The van der Waals surface area contributed by atoms with Gasteiger partial charge in [0.05, 0.1) is 0 Å². The summed E-state index contributed by atoms with van der Waals surface area (Å²) in [6, 6.07) is 18.3. The Morgan fingerprint density at radius 1 is 0.786 bits per heavy atom. The molecule has 0 saturated carbocycles. The first-order valence-electron chi connectivity index (χ1n) is 10.5. The molecule has 4 rings (SSSR count). The van der Waals surface area contributed by atoms with Crippen molar-refractivity contribution in [2.24, 2.45) is 10.8 Å². The summed E-state index contributed by atoms with van der Waals surface area (Å²) in [6.45, 7) is 14.6. The standard InChI is InChI=1S/C13H9.C9H18.C5H5.Ti/c1-3-7-12-10(5-1)9-11-6-2-4-8-13(11)12;1-8(2,3)7-9(4,5)6;1-2-4-5-3-1;/h1-9H;1-6H3;1-3H,4H2;. The second-order valence-electron chi connectivity index (χ2n) is 10.2. The SMILES string of the molecule is CC(C)(C)[C](=[Ti]([C]1=CC=CC1)[CH]1c2ccccc2-c2ccccc21)C(C)(C)C. The van der Waals surface area contributed by atoms with Crippen LogP contribution in [0, 0.1) is 10.8 Å². The summed E-state index contributed by atoms with van der Waals surface area (Å²) in [5, 5.41) is 0. The molecule has 0 spiro atoms. The van der Waals surface area contributed by atoms with Crippen molar-refractivity contribution in [2.45, 2.75) is 52.2 Å². The van der Waals surface area contributed by atoms with Crippen molar-refractivity contribution < 1.29 is 17.4 Å². The van der Waals surface area contributed by atoms with Gasteiger partial charge in [-0.3, -0.25) is 0 Å². The third-order valence-electron chi connectivity index (χ3n) is 6.01. The monoisotopic (exact) mass is 404 g/mol. The van der Waals surface area contributed by atoms with E-state index in [1.807, 2.05) is 3.81 Å². The van der Waals surface area contributed by atoms with Crippen LogP contribution >= 0.6 is 0 Å². The number of hydrogen-bond donors (Lipinski definition) is 0. The van der Waals surface area contributed by atoms with Crippen molar-refractivity contribution >= 4 is 3.81 Å². The van der Waals surface area contributed by atoms with Crippen LogP contribution in [0.5, 0.6) is 0 Å². The number of allylic oxidation sites excluding steroid dienone is 4. The molecule has 144 valence electrons. The molecule has 28 heavy (non-hydrogen) atoms. The Balaban J connectivity index is 2.08. The number of fused-ring (bicyclic) bond motifs is 3. The Morgan fingerprint density at radius 2 is 1.29 bits per heavy atom. The summed E-state index contributed by atoms with van der Waals surface area (Å²) < 4.78 is 4.12. The van der Waals surface area contributed by atoms with E-state index in [2.05, 4.69) is 108 Å². The van der Waals surface area contributed by atoms with Gasteiger partial charge in [-0.25, -0.2) is 0 Å². The topological polar surface area (TPSA) is 0 Å². The van der Waals surface area contributed by atoms with Crippen molar-refractivity contribution in [3.05, 3.63) is 81.8 Å². The van der Waals surface area contributed by atoms with E-state index in [1.54, 1.807) is 15.0 Å². The predicted molar refractivity (Wildman–Crippen MR) is 119 cm³/mol. The Bertz CT molecular complexity index is 942. The second kappa shape index (κ2) is 7.08. The molecule has 1 heteroatoms. The molecule has 0 saturated heterocycles. The van der Waals surface area contributed by atoms with E-state index in [4.69, 9.17) is 0 Å². The van der Waals surface area contributed by atoms with Gasteiger partial charge in [-0.2, -0.15) is 0 Å². The van der Waals surface area contributed by atoms with E-state index in [0.29, 0.717) is 4.22 Å². The average Bonchev–Trinajstić information content (AvgIpc) is 3.24. The fraction of sp³-hybridized carbons (Fsp3) is 0.370. The minimum absolute atomic E-state index is 0.212. The summed E-state index contributed by atoms with van der Waals surface area (Å²) in [4.78, 5) is 0. The Morgan fingerprint density at radius 3 is 1.71 bits per heavy atom. The molecule has 2 aromatic rings. The molecule has 0 aromatic heterocycles. The summed E-state index contributed by atoms with van der Waals surface area (Å²) in [6.07, 6.45) is 8.25. The molecular formula is C27H32Ti. The zero-order valence-electron chi connectivity index (χ0n) is 18.1. The molecule has 0 radical (unpaired) electrons. The van der Waals surface area contributed by atoms with E-state index in [-0.39, 0.29) is 10.8 Å². The first-order valence-corrected chi connectivity index (χ1v) is 13.0. The van der Waals surface area contributed by atoms with Gasteiger partial charge in [0.1, 0.15) is 0 Å². The predicted octanol–water partition coefficient (Wildman–Crippen LogP) is 7.48. The van der Waals surface area contributed by atoms with Crippen LogP contribution in [0.25, 0.3) is 11.1 Å². The maximum atomic E-state index is 2.45. The normalized spacial score (nSPS) is 16.0. The molecule has 0 atom stereocenters. The van der Waals surface area contributed by atoms with Crippen LogP contribution in [0.15, 0.2) is 70.6 Å². The van der Waals surface area contributed by atoms with Crippen molar-refractivity contribution in [2.75, 3.05) is 0 Å². The summed E-state index contributed by atoms with van der Waals surface area (Å²) in [5.74, 6) is 0. The van der Waals surface area contributed by atoms with E-state index in [0.717, 1.165) is 6.42 Å². The molecule has 0 heterocycles. The Hall–Kier alpha value is -1.50. The zero-order chi connectivity index (χ0) is 20.1. The van der Waals surface area contributed by atoms with Gasteiger partial charge in [0, 0.05) is 0 Å². The molecule has 2 aliphatic rings. The van der Waals surface area contributed by atoms with Gasteiger partial charge in [0.2, 0.25) is 0 Å². The molecule has 0 amide bonds. The molecule has 0 aliphatic heterocycles. The quantitative estimate of drug-likeness (QED) is 0.455. The van der Waals surface area contributed by atoms with E-state index < -0.39 is 17.4 Å². The maximum absolute atomic E-state index is 2.45. The summed E-state index contributed by atoms with van der Waals surface area (Å²) in [7, 11) is 0.